The Morgan fingerprint density at radius 3 is 2.13 bits per heavy atom. The first kappa shape index (κ1) is 33.8. The number of ether oxygens (including phenoxy) is 1. The molecule has 2 amide bonds. The number of halogens is 2. The number of nitrogens with one attached hydrogen (secondary N) is 1. The minimum atomic E-state index is -4.23. The van der Waals surface area contributed by atoms with Crippen molar-refractivity contribution in [2.45, 2.75) is 37.2 Å². The van der Waals surface area contributed by atoms with E-state index in [0.717, 1.165) is 9.87 Å². The molecule has 0 bridgehead atoms. The zero-order valence-corrected chi connectivity index (χ0v) is 27.4. The number of carbonyl (C=O) groups excluding carboxylic acids is 2. The maximum Gasteiger partial charge on any atom is 0.264 e. The molecule has 0 aliphatic heterocycles. The van der Waals surface area contributed by atoms with Crippen LogP contribution >= 0.6 is 23.2 Å². The number of nitrogens with zero attached hydrogens (tertiary/aromatic N) is 2. The molecule has 1 atom stereocenters. The Balaban J connectivity index is 1.79. The minimum absolute atomic E-state index is 0.0197. The van der Waals surface area contributed by atoms with Gasteiger partial charge in [-0.3, -0.25) is 13.9 Å². The van der Waals surface area contributed by atoms with E-state index in [0.29, 0.717) is 40.0 Å². The smallest absolute Gasteiger partial charge is 0.264 e. The van der Waals surface area contributed by atoms with Crippen molar-refractivity contribution in [2.24, 2.45) is 0 Å². The van der Waals surface area contributed by atoms with Crippen molar-refractivity contribution >= 4 is 50.7 Å². The summed E-state index contributed by atoms with van der Waals surface area (Å²) >= 11 is 12.7. The Morgan fingerprint density at radius 2 is 1.53 bits per heavy atom. The Kier molecular flexibility index (Phi) is 11.9. The lowest BCUT2D eigenvalue weighted by Gasteiger charge is -2.34. The summed E-state index contributed by atoms with van der Waals surface area (Å²) in [4.78, 5) is 29.5. The van der Waals surface area contributed by atoms with Crippen molar-refractivity contribution in [1.82, 2.24) is 10.2 Å². The van der Waals surface area contributed by atoms with E-state index in [2.05, 4.69) is 5.32 Å². The summed E-state index contributed by atoms with van der Waals surface area (Å²) in [6.45, 7) is 1.72. The number of anilines is 1. The number of rotatable bonds is 14. The summed E-state index contributed by atoms with van der Waals surface area (Å²) in [7, 11) is -2.74. The summed E-state index contributed by atoms with van der Waals surface area (Å²) in [5, 5.41) is 3.66. The average Bonchev–Trinajstić information content (AvgIpc) is 3.05. The van der Waals surface area contributed by atoms with E-state index in [1.165, 1.54) is 24.1 Å². The van der Waals surface area contributed by atoms with Crippen molar-refractivity contribution in [3.8, 4) is 5.75 Å². The maximum absolute atomic E-state index is 14.4. The van der Waals surface area contributed by atoms with Gasteiger partial charge in [0.1, 0.15) is 18.3 Å². The average molecular weight is 669 g/mol. The first-order valence-electron chi connectivity index (χ1n) is 14.4. The van der Waals surface area contributed by atoms with Crippen LogP contribution in [0.5, 0.6) is 5.75 Å². The molecular weight excluding hydrogens is 633 g/mol. The minimum Gasteiger partial charge on any atom is -0.497 e. The van der Waals surface area contributed by atoms with E-state index >= 15 is 0 Å². The van der Waals surface area contributed by atoms with Crippen molar-refractivity contribution in [3.05, 3.63) is 124 Å². The normalized spacial score (nSPS) is 11.8. The number of methoxy groups -OCH3 is 1. The molecule has 0 unspecified atom stereocenters. The quantitative estimate of drug-likeness (QED) is 0.169. The molecule has 236 valence electrons. The van der Waals surface area contributed by atoms with Crippen LogP contribution in [0, 0.1) is 0 Å². The summed E-state index contributed by atoms with van der Waals surface area (Å²) in [5.41, 5.74) is 1.68. The lowest BCUT2D eigenvalue weighted by Crippen LogP contribution is -2.53. The van der Waals surface area contributed by atoms with E-state index in [1.807, 2.05) is 37.3 Å². The second-order valence-corrected chi connectivity index (χ2v) is 13.0. The van der Waals surface area contributed by atoms with Gasteiger partial charge in [0, 0.05) is 29.6 Å². The Hall–Kier alpha value is -4.05. The monoisotopic (exact) mass is 667 g/mol. The van der Waals surface area contributed by atoms with Gasteiger partial charge in [-0.05, 0) is 66.1 Å². The number of hydrogen-bond donors (Lipinski definition) is 1. The van der Waals surface area contributed by atoms with Gasteiger partial charge in [0.2, 0.25) is 11.8 Å². The maximum atomic E-state index is 14.4. The highest BCUT2D eigenvalue weighted by Gasteiger charge is 2.34. The van der Waals surface area contributed by atoms with Crippen LogP contribution in [0.25, 0.3) is 0 Å². The summed E-state index contributed by atoms with van der Waals surface area (Å²) in [6.07, 6.45) is 0.895. The van der Waals surface area contributed by atoms with Crippen LogP contribution < -0.4 is 14.4 Å². The molecule has 0 fully saturated rings. The lowest BCUT2D eigenvalue weighted by molar-refractivity contribution is -0.140. The zero-order chi connectivity index (χ0) is 32.4. The third kappa shape index (κ3) is 8.78. The van der Waals surface area contributed by atoms with Crippen LogP contribution in [0.4, 0.5) is 5.69 Å². The van der Waals surface area contributed by atoms with Gasteiger partial charge in [-0.2, -0.15) is 0 Å². The number of benzene rings is 4. The Morgan fingerprint density at radius 1 is 0.889 bits per heavy atom. The molecule has 4 rings (SSSR count). The van der Waals surface area contributed by atoms with Crippen molar-refractivity contribution in [1.29, 1.82) is 0 Å². The molecule has 8 nitrogen and oxygen atoms in total. The van der Waals surface area contributed by atoms with E-state index in [-0.39, 0.29) is 23.8 Å². The first-order valence-corrected chi connectivity index (χ1v) is 16.6. The molecule has 45 heavy (non-hydrogen) atoms. The van der Waals surface area contributed by atoms with Crippen molar-refractivity contribution in [2.75, 3.05) is 24.5 Å². The Bertz CT molecular complexity index is 1690. The molecule has 0 saturated carbocycles. The zero-order valence-electron chi connectivity index (χ0n) is 25.0. The Labute approximate surface area is 274 Å². The SMILES string of the molecule is CCCNC(=O)[C@@H](Cc1ccccc1)N(Cc1ccc(Cl)cc1Cl)C(=O)CN(c1ccccc1)S(=O)(=O)c1ccc(OC)cc1. The predicted molar refractivity (Wildman–Crippen MR) is 178 cm³/mol. The fraction of sp³-hybridized carbons (Fsp3) is 0.235. The van der Waals surface area contributed by atoms with Gasteiger partial charge >= 0.3 is 0 Å². The molecule has 0 aliphatic carbocycles. The van der Waals surface area contributed by atoms with Crippen LogP contribution in [0.2, 0.25) is 10.0 Å². The van der Waals surface area contributed by atoms with Crippen LogP contribution in [-0.4, -0.2) is 51.4 Å². The molecule has 4 aromatic carbocycles. The fourth-order valence-electron chi connectivity index (χ4n) is 4.75. The van der Waals surface area contributed by atoms with Gasteiger partial charge in [-0.25, -0.2) is 8.42 Å². The number of amides is 2. The van der Waals surface area contributed by atoms with Crippen LogP contribution in [-0.2, 0) is 32.6 Å². The summed E-state index contributed by atoms with van der Waals surface area (Å²) in [5.74, 6) is -0.456. The predicted octanol–water partition coefficient (Wildman–Crippen LogP) is 6.36. The topological polar surface area (TPSA) is 96.0 Å². The second kappa shape index (κ2) is 15.8. The molecule has 1 N–H and O–H groups in total. The summed E-state index contributed by atoms with van der Waals surface area (Å²) < 4.78 is 34.4. The van der Waals surface area contributed by atoms with Crippen LogP contribution in [0.15, 0.2) is 108 Å². The first-order chi connectivity index (χ1) is 21.6. The number of sulfonamides is 1. The lowest BCUT2D eigenvalue weighted by atomic mass is 10.0. The van der Waals surface area contributed by atoms with Gasteiger partial charge in [-0.15, -0.1) is 0 Å². The molecule has 0 radical (unpaired) electrons. The molecular formula is C34H35Cl2N3O5S. The highest BCUT2D eigenvalue weighted by Crippen LogP contribution is 2.28. The molecule has 0 saturated heterocycles. The third-order valence-corrected chi connectivity index (χ3v) is 9.52. The van der Waals surface area contributed by atoms with Gasteiger partial charge in [0.25, 0.3) is 10.0 Å². The third-order valence-electron chi connectivity index (χ3n) is 7.15. The molecule has 0 aromatic heterocycles. The number of carbonyl (C=O) groups is 2. The van der Waals surface area contributed by atoms with E-state index in [1.54, 1.807) is 60.7 Å². The standard InChI is InChI=1S/C34H35Cl2N3O5S/c1-3-20-37-34(41)32(21-25-10-6-4-7-11-25)38(23-26-14-15-27(35)22-31(26)36)33(40)24-39(28-12-8-5-9-13-28)45(42,43)30-18-16-29(44-2)17-19-30/h4-19,22,32H,3,20-21,23-24H2,1-2H3,(H,37,41)/t32-/m1/s1. The molecule has 0 aliphatic rings. The van der Waals surface area contributed by atoms with Gasteiger partial charge in [-0.1, -0.05) is 84.7 Å². The largest absolute Gasteiger partial charge is 0.497 e. The van der Waals surface area contributed by atoms with E-state index in [4.69, 9.17) is 27.9 Å². The molecule has 11 heteroatoms. The van der Waals surface area contributed by atoms with Crippen molar-refractivity contribution < 1.29 is 22.7 Å². The van der Waals surface area contributed by atoms with Crippen LogP contribution in [0.1, 0.15) is 24.5 Å². The highest BCUT2D eigenvalue weighted by molar-refractivity contribution is 7.92. The fourth-order valence-corrected chi connectivity index (χ4v) is 6.63. The van der Waals surface area contributed by atoms with E-state index in [9.17, 15) is 18.0 Å². The van der Waals surface area contributed by atoms with Gasteiger partial charge in [0.15, 0.2) is 0 Å². The number of para-hydroxylation sites is 1. The van der Waals surface area contributed by atoms with E-state index < -0.39 is 28.5 Å². The number of hydrogen-bond acceptors (Lipinski definition) is 5. The highest BCUT2D eigenvalue weighted by atomic mass is 35.5. The molecule has 0 spiro atoms. The van der Waals surface area contributed by atoms with Gasteiger partial charge in [0.05, 0.1) is 17.7 Å². The molecule has 4 aromatic rings. The molecule has 0 heterocycles. The summed E-state index contributed by atoms with van der Waals surface area (Å²) in [6, 6.07) is 27.6. The van der Waals surface area contributed by atoms with Gasteiger partial charge < -0.3 is 15.0 Å². The van der Waals surface area contributed by atoms with Crippen LogP contribution in [0.3, 0.4) is 0 Å². The second-order valence-electron chi connectivity index (χ2n) is 10.3. The van der Waals surface area contributed by atoms with Crippen molar-refractivity contribution in [3.63, 3.8) is 0 Å².